The van der Waals surface area contributed by atoms with Crippen molar-refractivity contribution in [2.45, 2.75) is 31.3 Å². The van der Waals surface area contributed by atoms with Gasteiger partial charge in [-0.15, -0.1) is 57.3 Å². The lowest BCUT2D eigenvalue weighted by atomic mass is 10.4. The van der Waals surface area contributed by atoms with Gasteiger partial charge in [0.25, 0.3) is 0 Å². The van der Waals surface area contributed by atoms with Crippen molar-refractivity contribution >= 4 is 53.0 Å². The molecular formula is C20H26FIN6S2. The van der Waals surface area contributed by atoms with Crippen LogP contribution in [0.25, 0.3) is 0 Å². The lowest BCUT2D eigenvalue weighted by molar-refractivity contribution is 0.626. The number of benzene rings is 1. The van der Waals surface area contributed by atoms with Gasteiger partial charge in [-0.05, 0) is 54.8 Å². The molecule has 0 unspecified atom stereocenters. The highest BCUT2D eigenvalue weighted by Crippen LogP contribution is 2.18. The summed E-state index contributed by atoms with van der Waals surface area (Å²) in [6.45, 7) is 3.91. The van der Waals surface area contributed by atoms with E-state index in [0.29, 0.717) is 6.54 Å². The Morgan fingerprint density at radius 2 is 2.00 bits per heavy atom. The first-order valence-electron chi connectivity index (χ1n) is 9.39. The summed E-state index contributed by atoms with van der Waals surface area (Å²) in [6, 6.07) is 10.8. The first-order chi connectivity index (χ1) is 14.1. The summed E-state index contributed by atoms with van der Waals surface area (Å²) in [7, 11) is 1.94. The maximum absolute atomic E-state index is 13.0. The molecule has 0 amide bonds. The fourth-order valence-electron chi connectivity index (χ4n) is 2.50. The molecule has 0 aliphatic carbocycles. The Hall–Kier alpha value is -1.66. The van der Waals surface area contributed by atoms with Crippen LogP contribution in [-0.2, 0) is 20.1 Å². The van der Waals surface area contributed by atoms with Crippen LogP contribution in [0.5, 0.6) is 0 Å². The van der Waals surface area contributed by atoms with E-state index < -0.39 is 0 Å². The number of aliphatic imine (C=N–C) groups is 1. The summed E-state index contributed by atoms with van der Waals surface area (Å²) in [5, 5.41) is 17.1. The summed E-state index contributed by atoms with van der Waals surface area (Å²) in [6.07, 6.45) is 0.963. The first kappa shape index (κ1) is 24.6. The largest absolute Gasteiger partial charge is 0.356 e. The van der Waals surface area contributed by atoms with Gasteiger partial charge in [-0.3, -0.25) is 0 Å². The zero-order valence-electron chi connectivity index (χ0n) is 17.0. The number of nitrogens with zero attached hydrogens (tertiary/aromatic N) is 4. The maximum atomic E-state index is 13.0. The molecule has 0 spiro atoms. The van der Waals surface area contributed by atoms with Crippen LogP contribution < -0.4 is 10.6 Å². The van der Waals surface area contributed by atoms with Crippen molar-refractivity contribution in [3.05, 3.63) is 64.1 Å². The van der Waals surface area contributed by atoms with Crippen LogP contribution in [0.2, 0.25) is 0 Å². The molecule has 6 nitrogen and oxygen atoms in total. The lowest BCUT2D eigenvalue weighted by Gasteiger charge is -2.12. The number of guanidine groups is 1. The van der Waals surface area contributed by atoms with Crippen molar-refractivity contribution in [2.75, 3.05) is 12.3 Å². The van der Waals surface area contributed by atoms with Gasteiger partial charge in [0, 0.05) is 23.4 Å². The molecule has 3 aromatic rings. The fraction of sp³-hybridized carbons (Fsp3) is 0.350. The molecule has 0 saturated carbocycles. The van der Waals surface area contributed by atoms with Crippen LogP contribution in [0, 0.1) is 12.7 Å². The van der Waals surface area contributed by atoms with Crippen LogP contribution in [-0.4, -0.2) is 33.0 Å². The van der Waals surface area contributed by atoms with E-state index in [1.165, 1.54) is 17.0 Å². The second kappa shape index (κ2) is 12.9. The van der Waals surface area contributed by atoms with Gasteiger partial charge in [-0.2, -0.15) is 0 Å². The molecule has 2 heterocycles. The molecule has 0 saturated heterocycles. The Morgan fingerprint density at radius 1 is 1.20 bits per heavy atom. The predicted molar refractivity (Wildman–Crippen MR) is 133 cm³/mol. The van der Waals surface area contributed by atoms with Crippen molar-refractivity contribution < 1.29 is 4.39 Å². The lowest BCUT2D eigenvalue weighted by Crippen LogP contribution is -2.37. The third-order valence-corrected chi connectivity index (χ3v) is 6.24. The normalized spacial score (nSPS) is 11.2. The number of aryl methyl sites for hydroxylation is 1. The van der Waals surface area contributed by atoms with Crippen molar-refractivity contribution in [2.24, 2.45) is 12.0 Å². The highest BCUT2D eigenvalue weighted by atomic mass is 127. The van der Waals surface area contributed by atoms with Crippen molar-refractivity contribution in [1.82, 2.24) is 25.4 Å². The van der Waals surface area contributed by atoms with E-state index >= 15 is 0 Å². The SMILES string of the molecule is Cc1nnc(CN=C(NCCCSc2ccc(F)cc2)NCc2cccs2)n1C.I. The van der Waals surface area contributed by atoms with E-state index in [9.17, 15) is 4.39 Å². The number of rotatable bonds is 9. The third kappa shape index (κ3) is 7.88. The highest BCUT2D eigenvalue weighted by Gasteiger charge is 2.06. The molecule has 2 aromatic heterocycles. The van der Waals surface area contributed by atoms with Crippen molar-refractivity contribution in [1.29, 1.82) is 0 Å². The average molecular weight is 561 g/mol. The van der Waals surface area contributed by atoms with E-state index in [-0.39, 0.29) is 29.8 Å². The van der Waals surface area contributed by atoms with Crippen molar-refractivity contribution in [3.8, 4) is 0 Å². The minimum absolute atomic E-state index is 0. The van der Waals surface area contributed by atoms with Gasteiger partial charge in [0.2, 0.25) is 0 Å². The van der Waals surface area contributed by atoms with Crippen LogP contribution in [0.15, 0.2) is 51.7 Å². The quantitative estimate of drug-likeness (QED) is 0.134. The standard InChI is InChI=1S/C20H25FN6S2.HI/c1-15-25-26-19(27(15)2)14-24-20(23-13-18-5-3-11-29-18)22-10-4-12-28-17-8-6-16(21)7-9-17;/h3,5-9,11H,4,10,12-14H2,1-2H3,(H2,22,23,24);1H. The zero-order valence-corrected chi connectivity index (χ0v) is 20.9. The summed E-state index contributed by atoms with van der Waals surface area (Å²) < 4.78 is 14.9. The molecule has 1 aromatic carbocycles. The fourth-order valence-corrected chi connectivity index (χ4v) is 3.99. The van der Waals surface area contributed by atoms with E-state index in [2.05, 4.69) is 37.3 Å². The molecule has 162 valence electrons. The van der Waals surface area contributed by atoms with Gasteiger partial charge in [0.1, 0.15) is 18.2 Å². The molecule has 10 heteroatoms. The van der Waals surface area contributed by atoms with Gasteiger partial charge in [-0.1, -0.05) is 6.07 Å². The molecule has 3 rings (SSSR count). The molecular weight excluding hydrogens is 534 g/mol. The Balaban J connectivity index is 0.00000320. The molecule has 2 N–H and O–H groups in total. The summed E-state index contributed by atoms with van der Waals surface area (Å²) in [4.78, 5) is 6.99. The first-order valence-corrected chi connectivity index (χ1v) is 11.3. The van der Waals surface area contributed by atoms with E-state index in [0.717, 1.165) is 47.8 Å². The second-order valence-electron chi connectivity index (χ2n) is 6.40. The van der Waals surface area contributed by atoms with Crippen LogP contribution in [0.1, 0.15) is 22.9 Å². The Labute approximate surface area is 201 Å². The summed E-state index contributed by atoms with van der Waals surface area (Å²) >= 11 is 3.43. The number of thioether (sulfide) groups is 1. The number of hydrogen-bond acceptors (Lipinski definition) is 5. The molecule has 0 aliphatic heterocycles. The molecule has 30 heavy (non-hydrogen) atoms. The highest BCUT2D eigenvalue weighted by molar-refractivity contribution is 14.0. The molecule has 0 fully saturated rings. The summed E-state index contributed by atoms with van der Waals surface area (Å²) in [5.74, 6) is 3.19. The Bertz CT molecular complexity index is 912. The van der Waals surface area contributed by atoms with Crippen LogP contribution in [0.3, 0.4) is 0 Å². The number of nitrogens with one attached hydrogen (secondary N) is 2. The minimum Gasteiger partial charge on any atom is -0.356 e. The van der Waals surface area contributed by atoms with Gasteiger partial charge >= 0.3 is 0 Å². The van der Waals surface area contributed by atoms with E-state index in [4.69, 9.17) is 0 Å². The topological polar surface area (TPSA) is 67.1 Å². The van der Waals surface area contributed by atoms with Gasteiger partial charge < -0.3 is 15.2 Å². The van der Waals surface area contributed by atoms with Crippen LogP contribution >= 0.6 is 47.1 Å². The molecule has 0 bridgehead atoms. The second-order valence-corrected chi connectivity index (χ2v) is 8.60. The number of halogens is 2. The van der Waals surface area contributed by atoms with Crippen molar-refractivity contribution in [3.63, 3.8) is 0 Å². The number of aromatic nitrogens is 3. The number of hydrogen-bond donors (Lipinski definition) is 2. The Morgan fingerprint density at radius 3 is 2.67 bits per heavy atom. The van der Waals surface area contributed by atoms with Gasteiger partial charge in [0.15, 0.2) is 11.8 Å². The maximum Gasteiger partial charge on any atom is 0.192 e. The average Bonchev–Trinajstić information content (AvgIpc) is 3.35. The summed E-state index contributed by atoms with van der Waals surface area (Å²) in [5.41, 5.74) is 0. The minimum atomic E-state index is -0.202. The Kier molecular flexibility index (Phi) is 10.6. The third-order valence-electron chi connectivity index (χ3n) is 4.27. The van der Waals surface area contributed by atoms with E-state index in [1.54, 1.807) is 23.1 Å². The molecule has 0 atom stereocenters. The predicted octanol–water partition coefficient (Wildman–Crippen LogP) is 4.36. The van der Waals surface area contributed by atoms with Gasteiger partial charge in [0.05, 0.1) is 6.54 Å². The number of thiophene rings is 1. The molecule has 0 aliphatic rings. The molecule has 0 radical (unpaired) electrons. The van der Waals surface area contributed by atoms with Crippen LogP contribution in [0.4, 0.5) is 4.39 Å². The zero-order chi connectivity index (χ0) is 20.5. The monoisotopic (exact) mass is 560 g/mol. The van der Waals surface area contributed by atoms with Gasteiger partial charge in [-0.25, -0.2) is 9.38 Å². The van der Waals surface area contributed by atoms with E-state index in [1.807, 2.05) is 36.7 Å². The smallest absolute Gasteiger partial charge is 0.192 e.